The van der Waals surface area contributed by atoms with Crippen LogP contribution in [0.1, 0.15) is 37.4 Å². The van der Waals surface area contributed by atoms with Crippen molar-refractivity contribution >= 4 is 29.3 Å². The highest BCUT2D eigenvalue weighted by molar-refractivity contribution is 8.00. The van der Waals surface area contributed by atoms with Gasteiger partial charge in [-0.25, -0.2) is 4.98 Å². The summed E-state index contributed by atoms with van der Waals surface area (Å²) in [4.78, 5) is 15.7. The number of aliphatic carboxylic acids is 1. The van der Waals surface area contributed by atoms with E-state index in [1.54, 1.807) is 18.3 Å². The molecule has 2 rings (SSSR count). The summed E-state index contributed by atoms with van der Waals surface area (Å²) in [6.07, 6.45) is 4.01. The van der Waals surface area contributed by atoms with Crippen LogP contribution < -0.4 is 5.11 Å². The second-order valence-corrected chi connectivity index (χ2v) is 7.10. The Morgan fingerprint density at radius 1 is 1.42 bits per heavy atom. The molecule has 7 heteroatoms. The molecular formula is C17H20ClN2O3S-. The van der Waals surface area contributed by atoms with Crippen LogP contribution in [0.4, 0.5) is 0 Å². The minimum absolute atomic E-state index is 0.188. The molecule has 0 aliphatic heterocycles. The number of rotatable bonds is 9. The zero-order chi connectivity index (χ0) is 17.5. The van der Waals surface area contributed by atoms with Gasteiger partial charge in [0.05, 0.1) is 23.5 Å². The molecule has 0 bridgehead atoms. The van der Waals surface area contributed by atoms with E-state index < -0.39 is 11.2 Å². The maximum Gasteiger partial charge on any atom is 0.169 e. The molecule has 1 atom stereocenters. The number of thioether (sulfide) groups is 1. The van der Waals surface area contributed by atoms with E-state index in [0.717, 1.165) is 18.4 Å². The van der Waals surface area contributed by atoms with E-state index in [4.69, 9.17) is 11.6 Å². The Morgan fingerprint density at radius 2 is 2.12 bits per heavy atom. The lowest BCUT2D eigenvalue weighted by molar-refractivity contribution is -0.304. The molecule has 5 nitrogen and oxygen atoms in total. The Labute approximate surface area is 150 Å². The van der Waals surface area contributed by atoms with Crippen LogP contribution in [-0.2, 0) is 17.9 Å². The van der Waals surface area contributed by atoms with E-state index >= 15 is 0 Å². The molecule has 0 fully saturated rings. The molecule has 1 N–H and O–H groups in total. The summed E-state index contributed by atoms with van der Waals surface area (Å²) in [7, 11) is 0. The topological polar surface area (TPSA) is 78.2 Å². The van der Waals surface area contributed by atoms with Gasteiger partial charge in [0.1, 0.15) is 0 Å². The van der Waals surface area contributed by atoms with Crippen LogP contribution in [0.15, 0.2) is 35.6 Å². The molecule has 0 saturated carbocycles. The largest absolute Gasteiger partial charge is 0.549 e. The summed E-state index contributed by atoms with van der Waals surface area (Å²) < 4.78 is 1.85. The van der Waals surface area contributed by atoms with Crippen molar-refractivity contribution < 1.29 is 15.0 Å². The number of aliphatic hydroxyl groups is 1. The molecule has 0 spiro atoms. The molecule has 0 saturated heterocycles. The van der Waals surface area contributed by atoms with Gasteiger partial charge in [-0.1, -0.05) is 55.3 Å². The predicted octanol–water partition coefficient (Wildman–Crippen LogP) is 2.48. The average Bonchev–Trinajstić information content (AvgIpc) is 2.95. The third kappa shape index (κ3) is 5.26. The predicted molar refractivity (Wildman–Crippen MR) is 92.9 cm³/mol. The molecule has 130 valence electrons. The first-order chi connectivity index (χ1) is 11.5. The monoisotopic (exact) mass is 367 g/mol. The Balaban J connectivity index is 2.20. The van der Waals surface area contributed by atoms with Crippen molar-refractivity contribution in [2.45, 2.75) is 49.7 Å². The number of nitrogens with zero attached hydrogens (tertiary/aromatic N) is 2. The molecule has 24 heavy (non-hydrogen) atoms. The number of carboxylic acids is 1. The molecule has 2 aromatic rings. The highest BCUT2D eigenvalue weighted by atomic mass is 35.5. The number of carbonyl (C=O) groups excluding carboxylic acids is 1. The van der Waals surface area contributed by atoms with Crippen LogP contribution in [0.2, 0.25) is 5.02 Å². The quantitative estimate of drug-likeness (QED) is 0.689. The molecule has 0 aliphatic rings. The second-order valence-electron chi connectivity index (χ2n) is 5.50. The molecular weight excluding hydrogens is 348 g/mol. The number of hydrogen-bond acceptors (Lipinski definition) is 5. The van der Waals surface area contributed by atoms with Crippen molar-refractivity contribution in [2.75, 3.05) is 0 Å². The van der Waals surface area contributed by atoms with Crippen molar-refractivity contribution in [1.29, 1.82) is 0 Å². The Hall–Kier alpha value is -1.50. The number of aliphatic hydroxyl groups excluding tert-OH is 1. The number of imidazole rings is 1. The fourth-order valence-corrected chi connectivity index (χ4v) is 3.45. The van der Waals surface area contributed by atoms with Crippen molar-refractivity contribution in [3.63, 3.8) is 0 Å². The lowest BCUT2D eigenvalue weighted by Gasteiger charge is -2.17. The maximum atomic E-state index is 11.4. The fraction of sp³-hybridized carbons (Fsp3) is 0.412. The Morgan fingerprint density at radius 3 is 2.71 bits per heavy atom. The molecule has 0 unspecified atom stereocenters. The van der Waals surface area contributed by atoms with E-state index in [2.05, 4.69) is 4.98 Å². The van der Waals surface area contributed by atoms with E-state index in [0.29, 0.717) is 28.8 Å². The van der Waals surface area contributed by atoms with E-state index in [1.807, 2.05) is 23.6 Å². The summed E-state index contributed by atoms with van der Waals surface area (Å²) >= 11 is 7.07. The number of unbranched alkanes of at least 4 members (excludes halogenated alkanes) is 1. The minimum atomic E-state index is -1.08. The molecule has 0 amide bonds. The van der Waals surface area contributed by atoms with Gasteiger partial charge in [-0.05, 0) is 24.1 Å². The first-order valence-corrected chi connectivity index (χ1v) is 9.08. The summed E-state index contributed by atoms with van der Waals surface area (Å²) in [5, 5.41) is 21.3. The number of benzene rings is 1. The standard InChI is InChI=1S/C17H21ClN2O3S/c1-2-3-4-15(16(22)23)24-17-19-14(11-21)10-20(17)9-12-5-7-13(18)8-6-12/h5-8,10,15,21H,2-4,9,11H2,1H3,(H,22,23)/p-1/t15-/m0/s1. The first kappa shape index (κ1) is 18.8. The maximum absolute atomic E-state index is 11.4. The molecule has 1 aromatic carbocycles. The molecule has 1 aromatic heterocycles. The van der Waals surface area contributed by atoms with Gasteiger partial charge in [-0.3, -0.25) is 0 Å². The van der Waals surface area contributed by atoms with Gasteiger partial charge < -0.3 is 19.6 Å². The first-order valence-electron chi connectivity index (χ1n) is 7.82. The van der Waals surface area contributed by atoms with E-state index in [1.165, 1.54) is 11.8 Å². The van der Waals surface area contributed by atoms with Gasteiger partial charge >= 0.3 is 0 Å². The highest BCUT2D eigenvalue weighted by Crippen LogP contribution is 2.27. The van der Waals surface area contributed by atoms with Gasteiger partial charge in [0.2, 0.25) is 0 Å². The van der Waals surface area contributed by atoms with Gasteiger partial charge in [0.25, 0.3) is 0 Å². The number of hydrogen-bond donors (Lipinski definition) is 1. The number of halogens is 1. The zero-order valence-corrected chi connectivity index (χ0v) is 15.0. The van der Waals surface area contributed by atoms with Gasteiger partial charge in [0, 0.05) is 17.8 Å². The normalized spacial score (nSPS) is 12.3. The fourth-order valence-electron chi connectivity index (χ4n) is 2.26. The van der Waals surface area contributed by atoms with Crippen LogP contribution >= 0.6 is 23.4 Å². The summed E-state index contributed by atoms with van der Waals surface area (Å²) in [6, 6.07) is 7.42. The van der Waals surface area contributed by atoms with E-state index in [9.17, 15) is 15.0 Å². The molecule has 1 heterocycles. The second kappa shape index (κ2) is 9.11. The Kier molecular flexibility index (Phi) is 7.15. The number of aromatic nitrogens is 2. The smallest absolute Gasteiger partial charge is 0.169 e. The summed E-state index contributed by atoms with van der Waals surface area (Å²) in [5.41, 5.74) is 1.53. The lowest BCUT2D eigenvalue weighted by atomic mass is 10.2. The van der Waals surface area contributed by atoms with Crippen LogP contribution in [0.5, 0.6) is 0 Å². The zero-order valence-electron chi connectivity index (χ0n) is 13.4. The van der Waals surface area contributed by atoms with Gasteiger partial charge in [-0.15, -0.1) is 0 Å². The van der Waals surface area contributed by atoms with Crippen LogP contribution in [0.25, 0.3) is 0 Å². The average molecular weight is 368 g/mol. The Bertz CT molecular complexity index is 673. The van der Waals surface area contributed by atoms with Crippen LogP contribution in [0, 0.1) is 0 Å². The van der Waals surface area contributed by atoms with Gasteiger partial charge in [0.15, 0.2) is 5.16 Å². The summed E-state index contributed by atoms with van der Waals surface area (Å²) in [6.45, 7) is 2.36. The molecule has 0 radical (unpaired) electrons. The lowest BCUT2D eigenvalue weighted by Crippen LogP contribution is -2.33. The van der Waals surface area contributed by atoms with Crippen LogP contribution in [0.3, 0.4) is 0 Å². The molecule has 0 aliphatic carbocycles. The number of carbonyl (C=O) groups is 1. The van der Waals surface area contributed by atoms with Crippen molar-refractivity contribution in [2.24, 2.45) is 0 Å². The van der Waals surface area contributed by atoms with Crippen molar-refractivity contribution in [1.82, 2.24) is 9.55 Å². The minimum Gasteiger partial charge on any atom is -0.549 e. The number of carboxylic acid groups (broad SMARTS) is 1. The van der Waals surface area contributed by atoms with Crippen molar-refractivity contribution in [3.05, 3.63) is 46.7 Å². The SMILES string of the molecule is CCCC[C@H](Sc1nc(CO)cn1Cc1ccc(Cl)cc1)C(=O)[O-]. The van der Waals surface area contributed by atoms with Gasteiger partial charge in [-0.2, -0.15) is 0 Å². The van der Waals surface area contributed by atoms with E-state index in [-0.39, 0.29) is 6.61 Å². The third-order valence-corrected chi connectivity index (χ3v) is 5.05. The summed E-state index contributed by atoms with van der Waals surface area (Å²) in [5.74, 6) is -1.08. The van der Waals surface area contributed by atoms with Crippen molar-refractivity contribution in [3.8, 4) is 0 Å². The van der Waals surface area contributed by atoms with Crippen LogP contribution in [-0.4, -0.2) is 25.9 Å². The third-order valence-electron chi connectivity index (χ3n) is 3.55. The highest BCUT2D eigenvalue weighted by Gasteiger charge is 2.17.